The summed E-state index contributed by atoms with van der Waals surface area (Å²) in [6.07, 6.45) is -42.3. The summed E-state index contributed by atoms with van der Waals surface area (Å²) in [5, 5.41) is 221. The Kier molecular flexibility index (Phi) is 36.5. The van der Waals surface area contributed by atoms with Crippen molar-refractivity contribution in [3.8, 4) is 0 Å². The number of aliphatic carboxylic acids is 1. The number of rotatable bonds is 41. The molecule has 0 aromatic heterocycles. The third-order valence-electron chi connectivity index (χ3n) is 19.0. The quantitative estimate of drug-likeness (QED) is 0.0154. The fourth-order valence-corrected chi connectivity index (χ4v) is 13.4. The molecule has 6 saturated heterocycles. The van der Waals surface area contributed by atoms with Crippen molar-refractivity contribution in [3.05, 3.63) is 12.2 Å². The van der Waals surface area contributed by atoms with Gasteiger partial charge in [-0.05, 0) is 12.8 Å². The van der Waals surface area contributed by atoms with Crippen LogP contribution in [0.3, 0.4) is 0 Å². The molecule has 4 amide bonds. The predicted octanol–water partition coefficient (Wildman–Crippen LogP) is -9.71. The van der Waals surface area contributed by atoms with Crippen LogP contribution in [-0.4, -0.2) is 375 Å². The fraction of sp³-hybridized carbons (Fsp3) is 0.891. The lowest BCUT2D eigenvalue weighted by molar-refractivity contribution is -0.400. The van der Waals surface area contributed by atoms with Gasteiger partial charge in [-0.25, -0.2) is 4.79 Å². The van der Waals surface area contributed by atoms with Gasteiger partial charge in [0, 0.05) is 27.2 Å². The molecule has 23 N–H and O–H groups in total. The summed E-state index contributed by atoms with van der Waals surface area (Å²) in [5.41, 5.74) is 0. The largest absolute Gasteiger partial charge is 0.477 e. The Labute approximate surface area is 598 Å². The van der Waals surface area contributed by atoms with Gasteiger partial charge in [-0.3, -0.25) is 19.2 Å². The number of carboxylic acid groups (broad SMARTS) is 1. The SMILES string of the molecule is CCCCCCCCCCCCC/C=C/[C@@H](O)[C@H](CO[C@@H]1O[C@H](CO)[C@@H](O[C@@H]2O[C@H](CO)[C@H](O[C@@H]3O[C@H](CO)[C@H](O)[C@H](O[C@@H]4O[C@H](CO)[C@H](O[C@@H]5O[C@H](CO)[C@H](O)[C@H](O)[C@H]5NC(C)=O)[C@H](O[C@]5(C(=O)O)C[C@H](O)[C@@H](NC(C)=O)[C@H]([C@H](O)[C@H](O)CO)O5)[C@H]4O)[C@H]3NC(C)=O)[C@H](O)[C@H]2O)[C@H](O)[C@H]1O)NC=O. The average molecular weight is 1510 g/mol. The zero-order valence-corrected chi connectivity index (χ0v) is 58.3. The van der Waals surface area contributed by atoms with Crippen molar-refractivity contribution in [1.29, 1.82) is 0 Å². The number of ether oxygens (including phenoxy) is 12. The van der Waals surface area contributed by atoms with Gasteiger partial charge in [-0.2, -0.15) is 0 Å². The standard InChI is InChI=1S/C64H110N4O36/c1-5-6-7-8-9-10-11-12-13-14-15-16-17-18-32(79)31(65-27-75)26-93-60-49(88)47(86)53(37(23-72)96-60)100-61-50(89)48(87)52(38(24-73)97-61)99-59-42(68-30(4)78)55(45(84)36(22-71)95-59)102-62-51(90)57(54(39(25-74)98-62)101-58-41(67-29(3)77)46(85)44(83)35(21-70)94-58)104-64(63(91)92)19-33(80)40(66-28(2)76)56(103-64)43(82)34(81)20-69/h17-18,27,31-62,69-74,79-90H,5-16,19-26H2,1-4H3,(H,65,75)(H,66,76)(H,67,77)(H,68,78)(H,91,92)/b18-17+/t31-,32+,33-,34+,35+,36+,37+,38+,39+,40+,41+,42+,43+,44-,45-,46+,47+,48+,49+,50+,51+,52-,53+,54-,55+,56+,57+,58-,59-,60+,61-,62-,64-/m0/s1. The minimum atomic E-state index is -3.41. The molecular formula is C64H110N4O36. The molecule has 6 heterocycles. The number of carboxylic acids is 1. The summed E-state index contributed by atoms with van der Waals surface area (Å²) in [5.74, 6) is -8.34. The van der Waals surface area contributed by atoms with Crippen LogP contribution in [0.5, 0.6) is 0 Å². The van der Waals surface area contributed by atoms with Crippen molar-refractivity contribution >= 4 is 30.1 Å². The van der Waals surface area contributed by atoms with E-state index in [1.54, 1.807) is 6.08 Å². The minimum Gasteiger partial charge on any atom is -0.477 e. The third kappa shape index (κ3) is 23.0. The second-order valence-electron chi connectivity index (χ2n) is 26.8. The predicted molar refractivity (Wildman–Crippen MR) is 344 cm³/mol. The molecule has 0 spiro atoms. The molecule has 0 aromatic rings. The van der Waals surface area contributed by atoms with Gasteiger partial charge in [0.25, 0.3) is 5.79 Å². The highest BCUT2D eigenvalue weighted by Gasteiger charge is 2.63. The minimum absolute atomic E-state index is 0.319. The van der Waals surface area contributed by atoms with Crippen molar-refractivity contribution in [1.82, 2.24) is 21.3 Å². The molecule has 104 heavy (non-hydrogen) atoms. The van der Waals surface area contributed by atoms with E-state index in [1.807, 2.05) is 0 Å². The van der Waals surface area contributed by atoms with Crippen LogP contribution in [-0.2, 0) is 80.8 Å². The van der Waals surface area contributed by atoms with Crippen LogP contribution in [0, 0.1) is 0 Å². The van der Waals surface area contributed by atoms with Crippen LogP contribution in [0.15, 0.2) is 12.2 Å². The van der Waals surface area contributed by atoms with Crippen molar-refractivity contribution in [2.45, 2.75) is 313 Å². The van der Waals surface area contributed by atoms with Gasteiger partial charge in [0.2, 0.25) is 24.1 Å². The van der Waals surface area contributed by atoms with Gasteiger partial charge < -0.3 is 175 Å². The van der Waals surface area contributed by atoms with Gasteiger partial charge in [-0.1, -0.05) is 83.3 Å². The maximum Gasteiger partial charge on any atom is 0.364 e. The van der Waals surface area contributed by atoms with Gasteiger partial charge in [-0.15, -0.1) is 0 Å². The van der Waals surface area contributed by atoms with E-state index in [4.69, 9.17) is 56.8 Å². The molecule has 6 rings (SSSR count). The van der Waals surface area contributed by atoms with E-state index in [0.717, 1.165) is 46.5 Å². The first-order valence-corrected chi connectivity index (χ1v) is 35.1. The lowest BCUT2D eigenvalue weighted by Gasteiger charge is -2.53. The van der Waals surface area contributed by atoms with E-state index in [1.165, 1.54) is 51.0 Å². The number of aliphatic hydroxyl groups is 18. The normalized spacial score (nSPS) is 39.6. The summed E-state index contributed by atoms with van der Waals surface area (Å²) in [6, 6.07) is -6.67. The Bertz CT molecular complexity index is 2610. The Morgan fingerprint density at radius 2 is 0.942 bits per heavy atom. The number of amides is 4. The van der Waals surface area contributed by atoms with E-state index < -0.39 is 278 Å². The lowest BCUT2D eigenvalue weighted by atomic mass is 9.88. The van der Waals surface area contributed by atoms with Crippen LogP contribution in [0.2, 0.25) is 0 Å². The highest BCUT2D eigenvalue weighted by atomic mass is 16.8. The molecule has 6 aliphatic rings. The van der Waals surface area contributed by atoms with Gasteiger partial charge in [0.15, 0.2) is 31.5 Å². The zero-order chi connectivity index (χ0) is 76.9. The summed E-state index contributed by atoms with van der Waals surface area (Å²) in [7, 11) is 0. The van der Waals surface area contributed by atoms with Crippen molar-refractivity contribution in [3.63, 3.8) is 0 Å². The number of carbonyl (C=O) groups is 5. The number of hydrogen-bond donors (Lipinski definition) is 23. The maximum atomic E-state index is 13.7. The molecule has 0 aliphatic carbocycles. The van der Waals surface area contributed by atoms with Crippen LogP contribution in [0.1, 0.15) is 111 Å². The maximum absolute atomic E-state index is 13.7. The Morgan fingerprint density at radius 1 is 0.500 bits per heavy atom. The van der Waals surface area contributed by atoms with Crippen LogP contribution >= 0.6 is 0 Å². The van der Waals surface area contributed by atoms with E-state index in [2.05, 4.69) is 28.2 Å². The molecule has 40 heteroatoms. The number of nitrogens with one attached hydrogen (secondary N) is 4. The first-order valence-electron chi connectivity index (χ1n) is 35.1. The van der Waals surface area contributed by atoms with Crippen LogP contribution in [0.4, 0.5) is 0 Å². The molecule has 0 saturated carbocycles. The first kappa shape index (κ1) is 88.8. The molecule has 602 valence electrons. The fourth-order valence-electron chi connectivity index (χ4n) is 13.4. The molecule has 0 aromatic carbocycles. The van der Waals surface area contributed by atoms with E-state index in [0.29, 0.717) is 12.8 Å². The van der Waals surface area contributed by atoms with E-state index in [9.17, 15) is 121 Å². The van der Waals surface area contributed by atoms with Crippen molar-refractivity contribution < 1.29 is 178 Å². The van der Waals surface area contributed by atoms with E-state index >= 15 is 0 Å². The summed E-state index contributed by atoms with van der Waals surface area (Å²) < 4.78 is 71.2. The number of unbranched alkanes of at least 4 members (excludes halogenated alkanes) is 11. The molecule has 6 aliphatic heterocycles. The Morgan fingerprint density at radius 3 is 1.46 bits per heavy atom. The van der Waals surface area contributed by atoms with E-state index in [-0.39, 0.29) is 0 Å². The third-order valence-corrected chi connectivity index (χ3v) is 19.0. The van der Waals surface area contributed by atoms with Crippen LogP contribution < -0.4 is 21.3 Å². The molecule has 40 nitrogen and oxygen atoms in total. The Balaban J connectivity index is 1.22. The molecular weight excluding hydrogens is 1400 g/mol. The van der Waals surface area contributed by atoms with Crippen LogP contribution in [0.25, 0.3) is 0 Å². The van der Waals surface area contributed by atoms with Gasteiger partial charge >= 0.3 is 5.97 Å². The first-order chi connectivity index (χ1) is 49.5. The zero-order valence-electron chi connectivity index (χ0n) is 58.3. The summed E-state index contributed by atoms with van der Waals surface area (Å²) in [4.78, 5) is 63.4. The molecule has 0 unspecified atom stereocenters. The number of carbonyl (C=O) groups excluding carboxylic acids is 4. The highest BCUT2D eigenvalue weighted by Crippen LogP contribution is 2.41. The second-order valence-corrected chi connectivity index (χ2v) is 26.8. The highest BCUT2D eigenvalue weighted by molar-refractivity contribution is 5.77. The number of hydrogen-bond acceptors (Lipinski definition) is 35. The molecule has 0 radical (unpaired) electrons. The second kappa shape index (κ2) is 42.7. The lowest BCUT2D eigenvalue weighted by Crippen LogP contribution is -2.72. The molecule has 33 atom stereocenters. The topological polar surface area (TPSA) is 629 Å². The molecule has 6 fully saturated rings. The van der Waals surface area contributed by atoms with Crippen molar-refractivity contribution in [2.75, 3.05) is 46.2 Å². The smallest absolute Gasteiger partial charge is 0.364 e. The number of allylic oxidation sites excluding steroid dienone is 1. The number of aliphatic hydroxyl groups excluding tert-OH is 18. The summed E-state index contributed by atoms with van der Waals surface area (Å²) in [6.45, 7) is -2.21. The van der Waals surface area contributed by atoms with Gasteiger partial charge in [0.05, 0.1) is 70.5 Å². The Hall–Kier alpha value is -4.11. The van der Waals surface area contributed by atoms with Crippen molar-refractivity contribution in [2.24, 2.45) is 0 Å². The summed E-state index contributed by atoms with van der Waals surface area (Å²) >= 11 is 0. The molecule has 0 bridgehead atoms. The van der Waals surface area contributed by atoms with Gasteiger partial charge in [0.1, 0.15) is 140 Å². The average Bonchev–Trinajstić information content (AvgIpc) is 0.750. The monoisotopic (exact) mass is 1510 g/mol.